The van der Waals surface area contributed by atoms with Crippen LogP contribution < -0.4 is 5.32 Å². The summed E-state index contributed by atoms with van der Waals surface area (Å²) < 4.78 is 5.21. The monoisotopic (exact) mass is 261 g/mol. The van der Waals surface area contributed by atoms with E-state index in [4.69, 9.17) is 4.52 Å². The van der Waals surface area contributed by atoms with Crippen LogP contribution in [0.3, 0.4) is 0 Å². The average molecular weight is 261 g/mol. The van der Waals surface area contributed by atoms with Gasteiger partial charge in [0.25, 0.3) is 5.69 Å². The van der Waals surface area contributed by atoms with Crippen LogP contribution >= 0.6 is 0 Å². The summed E-state index contributed by atoms with van der Waals surface area (Å²) in [7, 11) is 0. The molecule has 1 aromatic heterocycles. The molecule has 0 aliphatic carbocycles. The third kappa shape index (κ3) is 2.97. The molecule has 2 rings (SSSR count). The van der Waals surface area contributed by atoms with Crippen LogP contribution in [0.5, 0.6) is 0 Å². The minimum absolute atomic E-state index is 0.0853. The maximum atomic E-state index is 10.9. The third-order valence-corrected chi connectivity index (χ3v) is 2.81. The molecule has 0 bridgehead atoms. The number of rotatable bonds is 5. The second-order valence-corrected chi connectivity index (χ2v) is 4.22. The highest BCUT2D eigenvalue weighted by Crippen LogP contribution is 2.27. The molecule has 0 atom stereocenters. The Labute approximate surface area is 110 Å². The standard InChI is InChI=1S/C13H15N3O3/c1-3-14-8-11-7-13(19-15-11)10-5-4-9(2)12(6-10)16(17)18/h4-7,14H,3,8H2,1-2H3. The molecule has 0 aliphatic heterocycles. The number of nitro benzene ring substituents is 1. The lowest BCUT2D eigenvalue weighted by Gasteiger charge is -1.99. The minimum atomic E-state index is -0.394. The first-order valence-electron chi connectivity index (χ1n) is 6.03. The van der Waals surface area contributed by atoms with E-state index in [1.54, 1.807) is 25.1 Å². The normalized spacial score (nSPS) is 10.6. The molecule has 1 aromatic carbocycles. The zero-order valence-corrected chi connectivity index (χ0v) is 10.8. The highest BCUT2D eigenvalue weighted by atomic mass is 16.6. The number of aromatic nitrogens is 1. The van der Waals surface area contributed by atoms with Crippen LogP contribution in [-0.4, -0.2) is 16.6 Å². The summed E-state index contributed by atoms with van der Waals surface area (Å²) in [4.78, 5) is 10.5. The molecular weight excluding hydrogens is 246 g/mol. The van der Waals surface area contributed by atoms with Gasteiger partial charge in [0.15, 0.2) is 5.76 Å². The van der Waals surface area contributed by atoms with Gasteiger partial charge in [-0.2, -0.15) is 0 Å². The van der Waals surface area contributed by atoms with Crippen LogP contribution in [0.1, 0.15) is 18.2 Å². The van der Waals surface area contributed by atoms with E-state index < -0.39 is 4.92 Å². The van der Waals surface area contributed by atoms with E-state index in [1.165, 1.54) is 6.07 Å². The van der Waals surface area contributed by atoms with Gasteiger partial charge < -0.3 is 9.84 Å². The maximum absolute atomic E-state index is 10.9. The van der Waals surface area contributed by atoms with Gasteiger partial charge in [-0.3, -0.25) is 10.1 Å². The van der Waals surface area contributed by atoms with Crippen molar-refractivity contribution in [1.82, 2.24) is 10.5 Å². The highest BCUT2D eigenvalue weighted by Gasteiger charge is 2.14. The molecule has 0 unspecified atom stereocenters. The van der Waals surface area contributed by atoms with Crippen LogP contribution in [0.2, 0.25) is 0 Å². The molecule has 0 amide bonds. The predicted molar refractivity (Wildman–Crippen MR) is 70.7 cm³/mol. The van der Waals surface area contributed by atoms with Gasteiger partial charge in [-0.25, -0.2) is 0 Å². The van der Waals surface area contributed by atoms with Gasteiger partial charge in [-0.05, 0) is 13.5 Å². The summed E-state index contributed by atoms with van der Waals surface area (Å²) in [5, 5.41) is 18.0. The first-order chi connectivity index (χ1) is 9.11. The highest BCUT2D eigenvalue weighted by molar-refractivity contribution is 5.62. The minimum Gasteiger partial charge on any atom is -0.356 e. The molecule has 0 saturated heterocycles. The number of benzene rings is 1. The Morgan fingerprint density at radius 3 is 2.89 bits per heavy atom. The zero-order valence-electron chi connectivity index (χ0n) is 10.8. The molecule has 0 fully saturated rings. The molecule has 100 valence electrons. The van der Waals surface area contributed by atoms with Crippen molar-refractivity contribution in [1.29, 1.82) is 0 Å². The molecule has 0 saturated carbocycles. The van der Waals surface area contributed by atoms with E-state index in [0.717, 1.165) is 12.2 Å². The molecule has 19 heavy (non-hydrogen) atoms. The van der Waals surface area contributed by atoms with E-state index in [0.29, 0.717) is 23.4 Å². The van der Waals surface area contributed by atoms with Crippen LogP contribution in [0.15, 0.2) is 28.8 Å². The molecule has 0 aliphatic rings. The maximum Gasteiger partial charge on any atom is 0.273 e. The zero-order chi connectivity index (χ0) is 13.8. The van der Waals surface area contributed by atoms with Crippen molar-refractivity contribution in [2.45, 2.75) is 20.4 Å². The summed E-state index contributed by atoms with van der Waals surface area (Å²) in [6.45, 7) is 5.18. The van der Waals surface area contributed by atoms with Gasteiger partial charge in [-0.15, -0.1) is 0 Å². The topological polar surface area (TPSA) is 81.2 Å². The second-order valence-electron chi connectivity index (χ2n) is 4.22. The summed E-state index contributed by atoms with van der Waals surface area (Å²) in [5.41, 5.74) is 2.15. The molecule has 1 heterocycles. The Bertz CT molecular complexity index is 593. The van der Waals surface area contributed by atoms with Crippen molar-refractivity contribution in [2.24, 2.45) is 0 Å². The number of aryl methyl sites for hydroxylation is 1. The Balaban J connectivity index is 2.29. The van der Waals surface area contributed by atoms with Crippen LogP contribution in [0.4, 0.5) is 5.69 Å². The van der Waals surface area contributed by atoms with Crippen molar-refractivity contribution in [3.8, 4) is 11.3 Å². The van der Waals surface area contributed by atoms with Crippen molar-refractivity contribution >= 4 is 5.69 Å². The largest absolute Gasteiger partial charge is 0.356 e. The first kappa shape index (κ1) is 13.2. The van der Waals surface area contributed by atoms with Gasteiger partial charge in [-0.1, -0.05) is 24.2 Å². The van der Waals surface area contributed by atoms with Crippen LogP contribution in [0, 0.1) is 17.0 Å². The number of hydrogen-bond acceptors (Lipinski definition) is 5. The Kier molecular flexibility index (Phi) is 3.91. The van der Waals surface area contributed by atoms with Gasteiger partial charge in [0.2, 0.25) is 0 Å². The third-order valence-electron chi connectivity index (χ3n) is 2.81. The Hall–Kier alpha value is -2.21. The van der Waals surface area contributed by atoms with Crippen molar-refractivity contribution in [3.05, 3.63) is 45.6 Å². The van der Waals surface area contributed by atoms with E-state index in [-0.39, 0.29) is 5.69 Å². The molecule has 6 nitrogen and oxygen atoms in total. The molecular formula is C13H15N3O3. The summed E-state index contributed by atoms with van der Waals surface area (Å²) >= 11 is 0. The predicted octanol–water partition coefficient (Wildman–Crippen LogP) is 2.67. The molecule has 2 aromatic rings. The van der Waals surface area contributed by atoms with E-state index >= 15 is 0 Å². The number of nitrogens with one attached hydrogen (secondary N) is 1. The van der Waals surface area contributed by atoms with Gasteiger partial charge in [0, 0.05) is 29.8 Å². The van der Waals surface area contributed by atoms with Crippen molar-refractivity contribution in [2.75, 3.05) is 6.54 Å². The fraction of sp³-hybridized carbons (Fsp3) is 0.308. The van der Waals surface area contributed by atoms with Crippen molar-refractivity contribution < 1.29 is 9.45 Å². The lowest BCUT2D eigenvalue weighted by molar-refractivity contribution is -0.385. The lowest BCUT2D eigenvalue weighted by Crippen LogP contribution is -2.11. The quantitative estimate of drug-likeness (QED) is 0.661. The molecule has 6 heteroatoms. The lowest BCUT2D eigenvalue weighted by atomic mass is 10.1. The first-order valence-corrected chi connectivity index (χ1v) is 6.03. The molecule has 0 spiro atoms. The van der Waals surface area contributed by atoms with E-state index in [9.17, 15) is 10.1 Å². The summed E-state index contributed by atoms with van der Waals surface area (Å²) in [5.74, 6) is 0.538. The van der Waals surface area contributed by atoms with Gasteiger partial charge in [0.05, 0.1) is 10.6 Å². The SMILES string of the molecule is CCNCc1cc(-c2ccc(C)c([N+](=O)[O-])c2)on1. The second kappa shape index (κ2) is 5.62. The van der Waals surface area contributed by atoms with Gasteiger partial charge >= 0.3 is 0 Å². The van der Waals surface area contributed by atoms with Gasteiger partial charge in [0.1, 0.15) is 0 Å². The van der Waals surface area contributed by atoms with E-state index in [1.807, 2.05) is 6.92 Å². The summed E-state index contributed by atoms with van der Waals surface area (Å²) in [6.07, 6.45) is 0. The average Bonchev–Trinajstić information content (AvgIpc) is 2.85. The smallest absolute Gasteiger partial charge is 0.273 e. The summed E-state index contributed by atoms with van der Waals surface area (Å²) in [6, 6.07) is 6.80. The van der Waals surface area contributed by atoms with Crippen LogP contribution in [-0.2, 0) is 6.54 Å². The van der Waals surface area contributed by atoms with Crippen molar-refractivity contribution in [3.63, 3.8) is 0 Å². The number of nitrogens with zero attached hydrogens (tertiary/aromatic N) is 2. The molecule has 1 N–H and O–H groups in total. The number of nitro groups is 1. The fourth-order valence-electron chi connectivity index (χ4n) is 1.74. The van der Waals surface area contributed by atoms with E-state index in [2.05, 4.69) is 10.5 Å². The van der Waals surface area contributed by atoms with Crippen LogP contribution in [0.25, 0.3) is 11.3 Å². The Morgan fingerprint density at radius 1 is 1.42 bits per heavy atom. The Morgan fingerprint density at radius 2 is 2.21 bits per heavy atom. The molecule has 0 radical (unpaired) electrons. The number of hydrogen-bond donors (Lipinski definition) is 1. The fourth-order valence-corrected chi connectivity index (χ4v) is 1.74.